The normalized spacial score (nSPS) is 12.8. The summed E-state index contributed by atoms with van der Waals surface area (Å²) in [5.41, 5.74) is 6.03. The minimum Gasteiger partial charge on any atom is -0.458 e. The van der Waals surface area contributed by atoms with Crippen molar-refractivity contribution in [3.05, 3.63) is 66.1 Å². The van der Waals surface area contributed by atoms with Crippen LogP contribution in [0, 0.1) is 12.3 Å². The van der Waals surface area contributed by atoms with Gasteiger partial charge in [0, 0.05) is 23.7 Å². The van der Waals surface area contributed by atoms with Gasteiger partial charge in [0.05, 0.1) is 24.7 Å². The van der Waals surface area contributed by atoms with Crippen LogP contribution >= 0.6 is 0 Å². The van der Waals surface area contributed by atoms with Crippen molar-refractivity contribution in [1.82, 2.24) is 9.97 Å². The Labute approximate surface area is 196 Å². The average molecular weight is 453 g/mol. The van der Waals surface area contributed by atoms with Crippen LogP contribution in [0.2, 0.25) is 19.6 Å². The summed E-state index contributed by atoms with van der Waals surface area (Å²) in [7, 11) is -1.59. The highest BCUT2D eigenvalue weighted by molar-refractivity contribution is 6.90. The van der Waals surface area contributed by atoms with Gasteiger partial charge >= 0.3 is 0 Å². The Hall–Kier alpha value is -2.98. The molecule has 0 fully saturated rings. The third-order valence-corrected chi connectivity index (χ3v) is 8.38. The fourth-order valence-corrected chi connectivity index (χ4v) is 6.40. The fourth-order valence-electron chi connectivity index (χ4n) is 4.78. The molecule has 2 aromatic carbocycles. The third-order valence-electron chi connectivity index (χ3n) is 6.35. The Balaban J connectivity index is 1.89. The molecule has 3 heterocycles. The van der Waals surface area contributed by atoms with Crippen LogP contribution in [-0.4, -0.2) is 18.0 Å². The van der Waals surface area contributed by atoms with E-state index in [0.717, 1.165) is 45.4 Å². The molecule has 0 atom stereocenters. The molecule has 0 bridgehead atoms. The van der Waals surface area contributed by atoms with Crippen LogP contribution in [-0.2, 0) is 6.42 Å². The van der Waals surface area contributed by atoms with Gasteiger partial charge in [0.2, 0.25) is 0 Å². The second kappa shape index (κ2) is 7.52. The van der Waals surface area contributed by atoms with Crippen molar-refractivity contribution in [1.29, 1.82) is 0 Å². The lowest BCUT2D eigenvalue weighted by atomic mass is 9.89. The van der Waals surface area contributed by atoms with Gasteiger partial charge in [-0.25, -0.2) is 4.98 Å². The molecule has 168 valence electrons. The summed E-state index contributed by atoms with van der Waals surface area (Å²) in [5.74, 6) is 1.03. The highest BCUT2D eigenvalue weighted by Crippen LogP contribution is 2.39. The molecule has 0 spiro atoms. The number of rotatable bonds is 3. The lowest BCUT2D eigenvalue weighted by molar-refractivity contribution is 0.369. The second-order valence-corrected chi connectivity index (χ2v) is 16.5. The van der Waals surface area contributed by atoms with Gasteiger partial charge in [0.25, 0.3) is 0 Å². The molecule has 0 N–H and O–H groups in total. The number of benzene rings is 2. The van der Waals surface area contributed by atoms with Gasteiger partial charge in [-0.2, -0.15) is 0 Å². The zero-order chi connectivity index (χ0) is 23.5. The maximum Gasteiger partial charge on any atom is 0.164 e. The van der Waals surface area contributed by atoms with Crippen LogP contribution in [0.1, 0.15) is 32.1 Å². The van der Waals surface area contributed by atoms with Gasteiger partial charge in [0.1, 0.15) is 11.3 Å². The van der Waals surface area contributed by atoms with Gasteiger partial charge in [-0.3, -0.25) is 4.98 Å². The van der Waals surface area contributed by atoms with Crippen molar-refractivity contribution in [2.24, 2.45) is 5.41 Å². The van der Waals surface area contributed by atoms with Gasteiger partial charge in [0.15, 0.2) is 5.58 Å². The Morgan fingerprint density at radius 2 is 1.73 bits per heavy atom. The van der Waals surface area contributed by atoms with E-state index in [2.05, 4.69) is 88.7 Å². The van der Waals surface area contributed by atoms with Gasteiger partial charge in [-0.15, -0.1) is 0 Å². The first-order valence-electron chi connectivity index (χ1n) is 11.7. The molecule has 33 heavy (non-hydrogen) atoms. The fraction of sp³-hybridized carbons (Fsp3) is 0.310. The van der Waals surface area contributed by atoms with E-state index in [4.69, 9.17) is 9.40 Å². The number of aromatic nitrogens is 2. The topological polar surface area (TPSA) is 38.9 Å². The SMILES string of the molecule is Cc1c(CC(C)(C)C)oc2c1c(-c1cc([Si](C)(C)C)c3ccccc3c1)nc1cccnc12. The number of fused-ring (bicyclic) bond motifs is 4. The molecule has 4 heteroatoms. The van der Waals surface area contributed by atoms with Crippen LogP contribution < -0.4 is 5.19 Å². The molecular weight excluding hydrogens is 420 g/mol. The summed E-state index contributed by atoms with van der Waals surface area (Å²) in [6, 6.07) is 17.4. The first-order chi connectivity index (χ1) is 15.5. The minimum absolute atomic E-state index is 0.128. The van der Waals surface area contributed by atoms with E-state index in [9.17, 15) is 0 Å². The molecule has 5 aromatic rings. The number of pyridine rings is 2. The van der Waals surface area contributed by atoms with E-state index in [1.54, 1.807) is 0 Å². The lowest BCUT2D eigenvalue weighted by Gasteiger charge is -2.21. The maximum absolute atomic E-state index is 6.54. The zero-order valence-corrected chi connectivity index (χ0v) is 21.7. The molecule has 0 aliphatic carbocycles. The number of aryl methyl sites for hydroxylation is 1. The zero-order valence-electron chi connectivity index (χ0n) is 20.7. The van der Waals surface area contributed by atoms with Crippen molar-refractivity contribution in [2.75, 3.05) is 0 Å². The number of nitrogens with zero attached hydrogens (tertiary/aromatic N) is 2. The Kier molecular flexibility index (Phi) is 4.98. The molecule has 0 radical (unpaired) electrons. The van der Waals surface area contributed by atoms with Gasteiger partial charge in [-0.05, 0) is 41.3 Å². The van der Waals surface area contributed by atoms with E-state index in [1.165, 1.54) is 21.5 Å². The number of furan rings is 1. The molecule has 3 aromatic heterocycles. The smallest absolute Gasteiger partial charge is 0.164 e. The Bertz CT molecular complexity index is 1520. The molecule has 0 saturated heterocycles. The summed E-state index contributed by atoms with van der Waals surface area (Å²) in [4.78, 5) is 9.82. The molecule has 3 nitrogen and oxygen atoms in total. The average Bonchev–Trinajstić information content (AvgIpc) is 3.06. The Morgan fingerprint density at radius 1 is 0.970 bits per heavy atom. The maximum atomic E-state index is 6.54. The third kappa shape index (κ3) is 3.87. The highest BCUT2D eigenvalue weighted by atomic mass is 28.3. The summed E-state index contributed by atoms with van der Waals surface area (Å²) in [5, 5.41) is 5.19. The van der Waals surface area contributed by atoms with Crippen molar-refractivity contribution in [3.8, 4) is 11.3 Å². The predicted molar refractivity (Wildman–Crippen MR) is 143 cm³/mol. The largest absolute Gasteiger partial charge is 0.458 e. The van der Waals surface area contributed by atoms with Crippen LogP contribution in [0.5, 0.6) is 0 Å². The van der Waals surface area contributed by atoms with Crippen molar-refractivity contribution >= 4 is 46.0 Å². The van der Waals surface area contributed by atoms with Crippen molar-refractivity contribution in [2.45, 2.75) is 53.8 Å². The summed E-state index contributed by atoms with van der Waals surface area (Å²) in [6.07, 6.45) is 2.70. The molecule has 0 unspecified atom stereocenters. The highest BCUT2D eigenvalue weighted by Gasteiger charge is 2.25. The van der Waals surface area contributed by atoms with E-state index in [-0.39, 0.29) is 5.41 Å². The van der Waals surface area contributed by atoms with Crippen LogP contribution in [0.25, 0.3) is 44.0 Å². The molecule has 0 saturated carbocycles. The van der Waals surface area contributed by atoms with E-state index < -0.39 is 8.07 Å². The van der Waals surface area contributed by atoms with Crippen molar-refractivity contribution in [3.63, 3.8) is 0 Å². The van der Waals surface area contributed by atoms with E-state index >= 15 is 0 Å². The summed E-state index contributed by atoms with van der Waals surface area (Å²) < 4.78 is 6.54. The quantitative estimate of drug-likeness (QED) is 0.264. The van der Waals surface area contributed by atoms with Crippen LogP contribution in [0.15, 0.2) is 59.1 Å². The number of hydrogen-bond donors (Lipinski definition) is 0. The first kappa shape index (κ1) is 21.8. The minimum atomic E-state index is -1.59. The second-order valence-electron chi connectivity index (χ2n) is 11.4. The van der Waals surface area contributed by atoms with E-state index in [1.807, 2.05) is 18.3 Å². The molecule has 0 amide bonds. The lowest BCUT2D eigenvalue weighted by Crippen LogP contribution is -2.38. The van der Waals surface area contributed by atoms with E-state index in [0.29, 0.717) is 0 Å². The van der Waals surface area contributed by atoms with Crippen molar-refractivity contribution < 1.29 is 4.42 Å². The summed E-state index contributed by atoms with van der Waals surface area (Å²) in [6.45, 7) is 16.2. The van der Waals surface area contributed by atoms with Gasteiger partial charge in [-0.1, -0.05) is 75.9 Å². The molecule has 0 aliphatic heterocycles. The summed E-state index contributed by atoms with van der Waals surface area (Å²) >= 11 is 0. The Morgan fingerprint density at radius 3 is 2.45 bits per heavy atom. The predicted octanol–water partition coefficient (Wildman–Crippen LogP) is 7.64. The molecular formula is C29H32N2OSi. The monoisotopic (exact) mass is 452 g/mol. The first-order valence-corrected chi connectivity index (χ1v) is 15.2. The van der Waals surface area contributed by atoms with Gasteiger partial charge < -0.3 is 4.42 Å². The van der Waals surface area contributed by atoms with Crippen LogP contribution in [0.4, 0.5) is 0 Å². The standard InChI is InChI=1S/C29H32N2OSi/c1-18-23(17-29(2,3)4)32-28-25(18)26(31-22-13-10-14-30-27(22)28)20-15-19-11-8-9-12-21(19)24(16-20)33(5,6)7/h8-16H,17H2,1-7H3. The van der Waals surface area contributed by atoms with Crippen LogP contribution in [0.3, 0.4) is 0 Å². The molecule has 0 aliphatic rings. The number of hydrogen-bond acceptors (Lipinski definition) is 3. The molecule has 5 rings (SSSR count).